The van der Waals surface area contributed by atoms with E-state index in [1.165, 1.54) is 12.3 Å². The first kappa shape index (κ1) is 24.6. The molecular weight excluding hydrogens is 493 g/mol. The molecule has 0 bridgehead atoms. The van der Waals surface area contributed by atoms with Crippen LogP contribution in [0.15, 0.2) is 42.6 Å². The van der Waals surface area contributed by atoms with Crippen LogP contribution in [0.25, 0.3) is 11.3 Å². The number of alkyl halides is 3. The number of ether oxygens (including phenoxy) is 1. The van der Waals surface area contributed by atoms with Crippen LogP contribution in [-0.4, -0.2) is 67.4 Å². The number of benzene rings is 1. The summed E-state index contributed by atoms with van der Waals surface area (Å²) in [7, 11) is 0. The highest BCUT2D eigenvalue weighted by Crippen LogP contribution is 2.36. The second kappa shape index (κ2) is 10.1. The third kappa shape index (κ3) is 5.05. The van der Waals surface area contributed by atoms with E-state index in [0.29, 0.717) is 63.5 Å². The number of morpholine rings is 1. The van der Waals surface area contributed by atoms with Crippen LogP contribution >= 0.6 is 11.6 Å². The zero-order valence-corrected chi connectivity index (χ0v) is 20.6. The van der Waals surface area contributed by atoms with Crippen LogP contribution in [0.2, 0.25) is 5.02 Å². The molecule has 0 atom stereocenters. The molecule has 7 nitrogen and oxygen atoms in total. The van der Waals surface area contributed by atoms with E-state index in [0.717, 1.165) is 28.7 Å². The molecule has 0 amide bonds. The number of halogens is 4. The first-order valence-electron chi connectivity index (χ1n) is 11.8. The van der Waals surface area contributed by atoms with Crippen LogP contribution in [0.1, 0.15) is 11.1 Å². The standard InChI is InChI=1S/C25H26ClF3N6O/c1-17-21(18-4-2-5-19(26)16-18)31-24(35-12-14-36-15-13-35)32-22(17)33-8-10-34(11-9-33)23-20(25(27,28)29)6-3-7-30-23/h2-7,16H,8-15H2,1H3. The van der Waals surface area contributed by atoms with E-state index in [9.17, 15) is 13.2 Å². The maximum atomic E-state index is 13.5. The Morgan fingerprint density at radius 1 is 0.861 bits per heavy atom. The summed E-state index contributed by atoms with van der Waals surface area (Å²) < 4.78 is 46.1. The van der Waals surface area contributed by atoms with Gasteiger partial charge in [-0.1, -0.05) is 23.7 Å². The third-order valence-electron chi connectivity index (χ3n) is 6.47. The SMILES string of the molecule is Cc1c(-c2cccc(Cl)c2)nc(N2CCOCC2)nc1N1CCN(c2ncccc2C(F)(F)F)CC1. The highest BCUT2D eigenvalue weighted by molar-refractivity contribution is 6.30. The zero-order chi connectivity index (χ0) is 25.3. The number of rotatable bonds is 4. The molecule has 2 aliphatic heterocycles. The Morgan fingerprint density at radius 3 is 2.22 bits per heavy atom. The lowest BCUT2D eigenvalue weighted by atomic mass is 10.1. The highest BCUT2D eigenvalue weighted by atomic mass is 35.5. The number of piperazine rings is 1. The van der Waals surface area contributed by atoms with Gasteiger partial charge in [0.15, 0.2) is 0 Å². The minimum atomic E-state index is -4.46. The summed E-state index contributed by atoms with van der Waals surface area (Å²) in [6.07, 6.45) is -3.06. The summed E-state index contributed by atoms with van der Waals surface area (Å²) in [6.45, 7) is 6.34. The second-order valence-electron chi connectivity index (χ2n) is 8.78. The lowest BCUT2D eigenvalue weighted by Crippen LogP contribution is -2.48. The molecule has 0 unspecified atom stereocenters. The normalized spacial score (nSPS) is 17.0. The van der Waals surface area contributed by atoms with Crippen molar-refractivity contribution in [2.24, 2.45) is 0 Å². The van der Waals surface area contributed by atoms with E-state index in [1.807, 2.05) is 31.2 Å². The topological polar surface area (TPSA) is 57.6 Å². The van der Waals surface area contributed by atoms with E-state index in [2.05, 4.69) is 14.8 Å². The molecule has 2 saturated heterocycles. The molecule has 0 spiro atoms. The van der Waals surface area contributed by atoms with Crippen LogP contribution in [0, 0.1) is 6.92 Å². The summed E-state index contributed by atoms with van der Waals surface area (Å²) >= 11 is 6.27. The van der Waals surface area contributed by atoms with Gasteiger partial charge in [0.2, 0.25) is 5.95 Å². The van der Waals surface area contributed by atoms with Crippen molar-refractivity contribution in [3.05, 3.63) is 58.7 Å². The molecule has 2 aromatic heterocycles. The Labute approximate surface area is 212 Å². The number of anilines is 3. The van der Waals surface area contributed by atoms with Crippen molar-refractivity contribution in [3.8, 4) is 11.3 Å². The lowest BCUT2D eigenvalue weighted by Gasteiger charge is -2.38. The Morgan fingerprint density at radius 2 is 1.56 bits per heavy atom. The predicted octanol–water partition coefficient (Wildman–Crippen LogP) is 4.68. The minimum absolute atomic E-state index is 0.0299. The second-order valence-corrected chi connectivity index (χ2v) is 9.21. The fraction of sp³-hybridized carbons (Fsp3) is 0.400. The monoisotopic (exact) mass is 518 g/mol. The van der Waals surface area contributed by atoms with Gasteiger partial charge in [-0.3, -0.25) is 0 Å². The van der Waals surface area contributed by atoms with Crippen LogP contribution in [0.4, 0.5) is 30.8 Å². The van der Waals surface area contributed by atoms with Crippen molar-refractivity contribution in [1.29, 1.82) is 0 Å². The lowest BCUT2D eigenvalue weighted by molar-refractivity contribution is -0.137. The smallest absolute Gasteiger partial charge is 0.378 e. The minimum Gasteiger partial charge on any atom is -0.378 e. The third-order valence-corrected chi connectivity index (χ3v) is 6.71. The van der Waals surface area contributed by atoms with E-state index >= 15 is 0 Å². The Balaban J connectivity index is 1.46. The summed E-state index contributed by atoms with van der Waals surface area (Å²) in [4.78, 5) is 19.8. The molecule has 1 aromatic carbocycles. The number of hydrogen-bond donors (Lipinski definition) is 0. The van der Waals surface area contributed by atoms with Gasteiger partial charge >= 0.3 is 6.18 Å². The molecule has 11 heteroatoms. The van der Waals surface area contributed by atoms with E-state index in [4.69, 9.17) is 26.3 Å². The van der Waals surface area contributed by atoms with Crippen molar-refractivity contribution in [3.63, 3.8) is 0 Å². The van der Waals surface area contributed by atoms with Crippen LogP contribution in [-0.2, 0) is 10.9 Å². The maximum Gasteiger partial charge on any atom is 0.419 e. The summed E-state index contributed by atoms with van der Waals surface area (Å²) in [5.74, 6) is 1.36. The molecule has 3 aromatic rings. The first-order chi connectivity index (χ1) is 17.3. The highest BCUT2D eigenvalue weighted by Gasteiger charge is 2.36. The summed E-state index contributed by atoms with van der Waals surface area (Å²) in [5, 5.41) is 0.615. The van der Waals surface area contributed by atoms with Crippen molar-refractivity contribution in [2.45, 2.75) is 13.1 Å². The molecular formula is C25H26ClF3N6O. The molecule has 0 radical (unpaired) electrons. The van der Waals surface area contributed by atoms with Crippen LogP contribution < -0.4 is 14.7 Å². The van der Waals surface area contributed by atoms with Gasteiger partial charge in [-0.15, -0.1) is 0 Å². The molecule has 0 aliphatic carbocycles. The van der Waals surface area contributed by atoms with Crippen molar-refractivity contribution < 1.29 is 17.9 Å². The molecule has 36 heavy (non-hydrogen) atoms. The van der Waals surface area contributed by atoms with Gasteiger partial charge in [0, 0.05) is 61.6 Å². The zero-order valence-electron chi connectivity index (χ0n) is 19.8. The average Bonchev–Trinajstić information content (AvgIpc) is 2.89. The number of aromatic nitrogens is 3. The Kier molecular flexibility index (Phi) is 6.90. The molecule has 0 N–H and O–H groups in total. The van der Waals surface area contributed by atoms with Gasteiger partial charge in [-0.25, -0.2) is 9.97 Å². The van der Waals surface area contributed by atoms with Crippen molar-refractivity contribution >= 4 is 29.2 Å². The molecule has 2 fully saturated rings. The molecule has 0 saturated carbocycles. The van der Waals surface area contributed by atoms with Gasteiger partial charge in [0.05, 0.1) is 24.5 Å². The van der Waals surface area contributed by atoms with Crippen LogP contribution in [0.3, 0.4) is 0 Å². The Hall–Kier alpha value is -3.11. The van der Waals surface area contributed by atoms with E-state index < -0.39 is 11.7 Å². The van der Waals surface area contributed by atoms with Crippen LogP contribution in [0.5, 0.6) is 0 Å². The van der Waals surface area contributed by atoms with Crippen molar-refractivity contribution in [2.75, 3.05) is 67.2 Å². The quantitative estimate of drug-likeness (QED) is 0.497. The molecule has 4 heterocycles. The number of pyridine rings is 1. The molecule has 5 rings (SSSR count). The van der Waals surface area contributed by atoms with Gasteiger partial charge in [0.25, 0.3) is 0 Å². The summed E-state index contributed by atoms with van der Waals surface area (Å²) in [6, 6.07) is 9.94. The van der Waals surface area contributed by atoms with E-state index in [-0.39, 0.29) is 5.82 Å². The summed E-state index contributed by atoms with van der Waals surface area (Å²) in [5.41, 5.74) is 1.86. The van der Waals surface area contributed by atoms with Gasteiger partial charge in [0.1, 0.15) is 11.6 Å². The predicted molar refractivity (Wildman–Crippen MR) is 134 cm³/mol. The average molecular weight is 519 g/mol. The largest absolute Gasteiger partial charge is 0.419 e. The van der Waals surface area contributed by atoms with Gasteiger partial charge in [-0.2, -0.15) is 18.2 Å². The molecule has 2 aliphatic rings. The molecule has 190 valence electrons. The fourth-order valence-corrected chi connectivity index (χ4v) is 4.81. The Bertz CT molecular complexity index is 1230. The van der Waals surface area contributed by atoms with Crippen molar-refractivity contribution in [1.82, 2.24) is 15.0 Å². The first-order valence-corrected chi connectivity index (χ1v) is 12.2. The van der Waals surface area contributed by atoms with Gasteiger partial charge in [-0.05, 0) is 31.2 Å². The van der Waals surface area contributed by atoms with E-state index in [1.54, 1.807) is 4.90 Å². The number of hydrogen-bond acceptors (Lipinski definition) is 7. The fourth-order valence-electron chi connectivity index (χ4n) is 4.62. The number of nitrogens with zero attached hydrogens (tertiary/aromatic N) is 6. The maximum absolute atomic E-state index is 13.5. The van der Waals surface area contributed by atoms with Gasteiger partial charge < -0.3 is 19.4 Å².